The lowest BCUT2D eigenvalue weighted by atomic mass is 9.54. The number of anilines is 1. The topological polar surface area (TPSA) is 37.4 Å². The summed E-state index contributed by atoms with van der Waals surface area (Å²) in [7, 11) is 0. The van der Waals surface area contributed by atoms with Gasteiger partial charge in [-0.2, -0.15) is 0 Å². The first-order valence-corrected chi connectivity index (χ1v) is 12.3. The lowest BCUT2D eigenvalue weighted by Crippen LogP contribution is -2.56. The van der Waals surface area contributed by atoms with E-state index in [1.807, 2.05) is 48.5 Å². The molecule has 3 nitrogen and oxygen atoms in total. The van der Waals surface area contributed by atoms with Crippen molar-refractivity contribution in [2.75, 3.05) is 4.90 Å². The van der Waals surface area contributed by atoms with E-state index in [4.69, 9.17) is 0 Å². The lowest BCUT2D eigenvalue weighted by Gasteiger charge is -2.55. The Bertz CT molecular complexity index is 1150. The molecule has 148 valence electrons. The van der Waals surface area contributed by atoms with Gasteiger partial charge in [0, 0.05) is 3.57 Å². The van der Waals surface area contributed by atoms with Crippen LogP contribution in [-0.4, -0.2) is 11.8 Å². The van der Waals surface area contributed by atoms with Gasteiger partial charge in [-0.1, -0.05) is 86.5 Å². The van der Waals surface area contributed by atoms with Crippen LogP contribution >= 0.6 is 54.5 Å². The minimum Gasteiger partial charge on any atom is -0.274 e. The molecule has 0 aromatic heterocycles. The number of carbonyl (C=O) groups excluding carboxylic acids is 2. The maximum Gasteiger partial charge on any atom is 0.239 e. The first kappa shape index (κ1) is 19.2. The number of amides is 2. The zero-order valence-corrected chi connectivity index (χ0v) is 20.8. The van der Waals surface area contributed by atoms with Crippen molar-refractivity contribution in [1.82, 2.24) is 0 Å². The molecule has 1 aliphatic heterocycles. The number of rotatable bonds is 1. The SMILES string of the molecule is O=C1[C@@H]2[C@@H](C(=O)N1c1cccc(I)c1)C1(Br)c3ccccc3C2(Br)c2ccccc21. The van der Waals surface area contributed by atoms with Crippen LogP contribution in [0.1, 0.15) is 22.3 Å². The van der Waals surface area contributed by atoms with Gasteiger partial charge in [-0.3, -0.25) is 9.59 Å². The van der Waals surface area contributed by atoms with Gasteiger partial charge in [0.1, 0.15) is 0 Å². The summed E-state index contributed by atoms with van der Waals surface area (Å²) in [6, 6.07) is 23.8. The molecule has 7 rings (SSSR count). The average molecular weight is 635 g/mol. The molecule has 3 aromatic rings. The number of alkyl halides is 2. The van der Waals surface area contributed by atoms with Gasteiger partial charge in [0.05, 0.1) is 26.2 Å². The zero-order valence-electron chi connectivity index (χ0n) is 15.5. The highest BCUT2D eigenvalue weighted by atomic mass is 127. The number of hydrogen-bond donors (Lipinski definition) is 0. The lowest BCUT2D eigenvalue weighted by molar-refractivity contribution is -0.122. The van der Waals surface area contributed by atoms with Gasteiger partial charge in [-0.25, -0.2) is 4.90 Å². The molecule has 2 amide bonds. The highest BCUT2D eigenvalue weighted by molar-refractivity contribution is 14.1. The van der Waals surface area contributed by atoms with Crippen molar-refractivity contribution in [3.8, 4) is 0 Å². The second-order valence-electron chi connectivity index (χ2n) is 7.96. The molecule has 1 saturated heterocycles. The first-order chi connectivity index (χ1) is 14.4. The van der Waals surface area contributed by atoms with Crippen LogP contribution in [0.4, 0.5) is 5.69 Å². The Morgan fingerprint density at radius 1 is 0.700 bits per heavy atom. The van der Waals surface area contributed by atoms with E-state index in [0.29, 0.717) is 5.69 Å². The Morgan fingerprint density at radius 3 is 1.53 bits per heavy atom. The summed E-state index contributed by atoms with van der Waals surface area (Å²) in [6.45, 7) is 0. The van der Waals surface area contributed by atoms with Crippen LogP contribution in [0.25, 0.3) is 0 Å². The van der Waals surface area contributed by atoms with Crippen LogP contribution in [0, 0.1) is 15.4 Å². The van der Waals surface area contributed by atoms with Crippen molar-refractivity contribution < 1.29 is 9.59 Å². The quantitative estimate of drug-likeness (QED) is 0.196. The molecule has 3 aromatic carbocycles. The van der Waals surface area contributed by atoms with Gasteiger partial charge >= 0.3 is 0 Å². The number of imide groups is 1. The van der Waals surface area contributed by atoms with Gasteiger partial charge in [-0.05, 0) is 63.0 Å². The van der Waals surface area contributed by atoms with Crippen molar-refractivity contribution in [3.05, 3.63) is 98.6 Å². The summed E-state index contributed by atoms with van der Waals surface area (Å²) in [5.41, 5.74) is 4.82. The maximum atomic E-state index is 13.9. The number of hydrogen-bond acceptors (Lipinski definition) is 2. The van der Waals surface area contributed by atoms with E-state index in [0.717, 1.165) is 25.8 Å². The highest BCUT2D eigenvalue weighted by Crippen LogP contribution is 2.70. The molecule has 2 atom stereocenters. The van der Waals surface area contributed by atoms with Crippen LogP contribution in [0.5, 0.6) is 0 Å². The maximum absolute atomic E-state index is 13.9. The molecule has 3 aliphatic carbocycles. The van der Waals surface area contributed by atoms with E-state index >= 15 is 0 Å². The predicted molar refractivity (Wildman–Crippen MR) is 131 cm³/mol. The standard InChI is InChI=1S/C24H14Br2INO2/c25-23-15-8-1-2-9-16(15)24(26,18-11-4-3-10-17(18)23)20-19(23)21(29)28(22(20)30)14-7-5-6-13(27)12-14/h1-12,19-20H/t19-,20-,23?,24?/m0/s1. The fraction of sp³-hybridized carbons (Fsp3) is 0.167. The van der Waals surface area contributed by atoms with Crippen molar-refractivity contribution in [2.24, 2.45) is 11.8 Å². The highest BCUT2D eigenvalue weighted by Gasteiger charge is 2.72. The third kappa shape index (κ3) is 2.10. The van der Waals surface area contributed by atoms with Crippen LogP contribution < -0.4 is 4.90 Å². The third-order valence-electron chi connectivity index (χ3n) is 6.65. The minimum absolute atomic E-state index is 0.156. The molecule has 1 fully saturated rings. The molecule has 0 N–H and O–H groups in total. The van der Waals surface area contributed by atoms with Crippen LogP contribution in [0.3, 0.4) is 0 Å². The number of halogens is 3. The molecule has 0 radical (unpaired) electrons. The van der Waals surface area contributed by atoms with Gasteiger partial charge in [0.2, 0.25) is 11.8 Å². The van der Waals surface area contributed by atoms with E-state index in [9.17, 15) is 9.59 Å². The Kier molecular flexibility index (Phi) is 4.01. The molecule has 0 spiro atoms. The molecule has 0 unspecified atom stereocenters. The van der Waals surface area contributed by atoms with Gasteiger partial charge in [-0.15, -0.1) is 0 Å². The predicted octanol–water partition coefficient (Wildman–Crippen LogP) is 5.70. The molecule has 2 bridgehead atoms. The van der Waals surface area contributed by atoms with E-state index in [1.54, 1.807) is 0 Å². The van der Waals surface area contributed by atoms with Crippen molar-refractivity contribution in [3.63, 3.8) is 0 Å². The average Bonchev–Trinajstić information content (AvgIpc) is 3.03. The smallest absolute Gasteiger partial charge is 0.239 e. The fourth-order valence-electron chi connectivity index (χ4n) is 5.54. The summed E-state index contributed by atoms with van der Waals surface area (Å²) in [5.74, 6) is -1.38. The van der Waals surface area contributed by atoms with Gasteiger partial charge in [0.15, 0.2) is 0 Å². The minimum atomic E-state index is -0.746. The summed E-state index contributed by atoms with van der Waals surface area (Å²) < 4.78 is -0.509. The molecule has 6 heteroatoms. The molecule has 1 heterocycles. The number of nitrogens with zero attached hydrogens (tertiary/aromatic N) is 1. The molecule has 30 heavy (non-hydrogen) atoms. The summed E-state index contributed by atoms with van der Waals surface area (Å²) >= 11 is 10.3. The Morgan fingerprint density at radius 2 is 1.13 bits per heavy atom. The summed E-state index contributed by atoms with van der Waals surface area (Å²) in [5, 5.41) is 0. The van der Waals surface area contributed by atoms with Crippen LogP contribution in [-0.2, 0) is 18.2 Å². The Labute approximate surface area is 204 Å². The largest absolute Gasteiger partial charge is 0.274 e. The van der Waals surface area contributed by atoms with Gasteiger partial charge in [0.25, 0.3) is 0 Å². The molecular formula is C24H14Br2INO2. The number of benzene rings is 3. The van der Waals surface area contributed by atoms with Crippen LogP contribution in [0.15, 0.2) is 72.8 Å². The molecular weight excluding hydrogens is 621 g/mol. The van der Waals surface area contributed by atoms with Gasteiger partial charge < -0.3 is 0 Å². The molecule has 0 saturated carbocycles. The van der Waals surface area contributed by atoms with E-state index in [-0.39, 0.29) is 11.8 Å². The third-order valence-corrected chi connectivity index (χ3v) is 10.0. The monoisotopic (exact) mass is 633 g/mol. The molecule has 4 aliphatic rings. The Hall–Kier alpha value is -1.51. The van der Waals surface area contributed by atoms with Crippen molar-refractivity contribution in [1.29, 1.82) is 0 Å². The number of carbonyl (C=O) groups is 2. The van der Waals surface area contributed by atoms with E-state index < -0.39 is 20.5 Å². The van der Waals surface area contributed by atoms with E-state index in [1.165, 1.54) is 4.90 Å². The zero-order chi connectivity index (χ0) is 20.8. The summed E-state index contributed by atoms with van der Waals surface area (Å²) in [4.78, 5) is 29.1. The van der Waals surface area contributed by atoms with Crippen molar-refractivity contribution >= 4 is 72.0 Å². The van der Waals surface area contributed by atoms with Crippen LogP contribution in [0.2, 0.25) is 0 Å². The second-order valence-corrected chi connectivity index (χ2v) is 11.7. The second kappa shape index (κ2) is 6.26. The first-order valence-electron chi connectivity index (χ1n) is 9.61. The normalized spacial score (nSPS) is 30.8. The Balaban J connectivity index is 1.67. The fourth-order valence-corrected chi connectivity index (χ4v) is 8.37. The van der Waals surface area contributed by atoms with Crippen molar-refractivity contribution in [2.45, 2.75) is 8.65 Å². The summed E-state index contributed by atoms with van der Waals surface area (Å²) in [6.07, 6.45) is 0. The van der Waals surface area contributed by atoms with E-state index in [2.05, 4.69) is 78.7 Å².